The molecule has 0 spiro atoms. The molecule has 0 aliphatic carbocycles. The van der Waals surface area contributed by atoms with Crippen LogP contribution in [0.1, 0.15) is 13.8 Å². The van der Waals surface area contributed by atoms with Gasteiger partial charge in [-0.1, -0.05) is 0 Å². The third-order valence-corrected chi connectivity index (χ3v) is 1.59. The summed E-state index contributed by atoms with van der Waals surface area (Å²) in [4.78, 5) is 12.2. The summed E-state index contributed by atoms with van der Waals surface area (Å²) < 4.78 is 9.84. The van der Waals surface area contributed by atoms with E-state index in [1.807, 2.05) is 13.8 Å². The predicted octanol–water partition coefficient (Wildman–Crippen LogP) is 0.716. The second-order valence-electron chi connectivity index (χ2n) is 3.38. The first-order valence-corrected chi connectivity index (χ1v) is 4.95. The molecule has 0 radical (unpaired) electrons. The molecule has 0 unspecified atom stereocenters. The lowest BCUT2D eigenvalue weighted by molar-refractivity contribution is 0.220. The predicted molar refractivity (Wildman–Crippen MR) is 60.6 cm³/mol. The van der Waals surface area contributed by atoms with Crippen LogP contribution in [0.2, 0.25) is 0 Å². The average molecular weight is 227 g/mol. The molecule has 1 aromatic rings. The Bertz CT molecular complexity index is 332. The highest BCUT2D eigenvalue weighted by molar-refractivity contribution is 5.35. The molecule has 1 aromatic heterocycles. The van der Waals surface area contributed by atoms with Crippen LogP contribution in [0.5, 0.6) is 6.01 Å². The van der Waals surface area contributed by atoms with E-state index in [0.717, 1.165) is 0 Å². The summed E-state index contributed by atoms with van der Waals surface area (Å²) in [5.41, 5.74) is 0. The first-order valence-electron chi connectivity index (χ1n) is 4.95. The fraction of sp³-hybridized carbons (Fsp3) is 0.667. The fourth-order valence-corrected chi connectivity index (χ4v) is 0.986. The van der Waals surface area contributed by atoms with Gasteiger partial charge in [-0.3, -0.25) is 0 Å². The summed E-state index contributed by atoms with van der Waals surface area (Å²) in [5.74, 6) is 0.886. The number of methoxy groups -OCH3 is 2. The van der Waals surface area contributed by atoms with E-state index in [0.29, 0.717) is 18.6 Å². The number of anilines is 2. The molecule has 0 atom stereocenters. The number of nitrogens with zero attached hydrogens (tertiary/aromatic N) is 3. The lowest BCUT2D eigenvalue weighted by Gasteiger charge is -2.10. The van der Waals surface area contributed by atoms with Crippen LogP contribution in [0.25, 0.3) is 0 Å². The Morgan fingerprint density at radius 1 is 1.12 bits per heavy atom. The Hall–Kier alpha value is -1.63. The van der Waals surface area contributed by atoms with Crippen LogP contribution in [0, 0.1) is 0 Å². The molecule has 90 valence electrons. The van der Waals surface area contributed by atoms with E-state index in [4.69, 9.17) is 9.47 Å². The van der Waals surface area contributed by atoms with E-state index in [2.05, 4.69) is 25.6 Å². The van der Waals surface area contributed by atoms with E-state index in [1.54, 1.807) is 7.11 Å². The maximum atomic E-state index is 4.97. The normalized spacial score (nSPS) is 10.3. The van der Waals surface area contributed by atoms with Crippen LogP contribution >= 0.6 is 0 Å². The van der Waals surface area contributed by atoms with Crippen LogP contribution in [0.3, 0.4) is 0 Å². The molecule has 0 amide bonds. The molecule has 0 bridgehead atoms. The summed E-state index contributed by atoms with van der Waals surface area (Å²) in [6.45, 7) is 4.32. The first kappa shape index (κ1) is 12.4. The maximum Gasteiger partial charge on any atom is 0.322 e. The summed E-state index contributed by atoms with van der Waals surface area (Å²) in [6, 6.07) is 0.499. The van der Waals surface area contributed by atoms with Crippen molar-refractivity contribution in [2.24, 2.45) is 0 Å². The van der Waals surface area contributed by atoms with Crippen molar-refractivity contribution < 1.29 is 9.47 Å². The summed E-state index contributed by atoms with van der Waals surface area (Å²) in [6.07, 6.45) is 0. The minimum Gasteiger partial charge on any atom is -0.467 e. The van der Waals surface area contributed by atoms with E-state index in [-0.39, 0.29) is 12.1 Å². The third kappa shape index (κ3) is 3.85. The summed E-state index contributed by atoms with van der Waals surface area (Å²) in [7, 11) is 3.09. The lowest BCUT2D eigenvalue weighted by atomic mass is 10.4. The van der Waals surface area contributed by atoms with Crippen molar-refractivity contribution in [3.8, 4) is 6.01 Å². The molecule has 7 nitrogen and oxygen atoms in total. The van der Waals surface area contributed by atoms with Gasteiger partial charge in [0.2, 0.25) is 11.9 Å². The second kappa shape index (κ2) is 6.06. The number of hydrogen-bond acceptors (Lipinski definition) is 7. The van der Waals surface area contributed by atoms with Crippen molar-refractivity contribution in [1.29, 1.82) is 0 Å². The van der Waals surface area contributed by atoms with Gasteiger partial charge < -0.3 is 20.1 Å². The third-order valence-electron chi connectivity index (χ3n) is 1.59. The van der Waals surface area contributed by atoms with Gasteiger partial charge in [0.15, 0.2) is 0 Å². The highest BCUT2D eigenvalue weighted by atomic mass is 16.5. The minimum absolute atomic E-state index is 0.238. The Morgan fingerprint density at radius 2 is 1.81 bits per heavy atom. The van der Waals surface area contributed by atoms with E-state index >= 15 is 0 Å². The zero-order valence-electron chi connectivity index (χ0n) is 9.94. The molecule has 0 aliphatic heterocycles. The molecular formula is C9H17N5O2. The van der Waals surface area contributed by atoms with Crippen LogP contribution in [-0.2, 0) is 4.74 Å². The molecule has 7 heteroatoms. The van der Waals surface area contributed by atoms with Crippen LogP contribution in [0.15, 0.2) is 0 Å². The van der Waals surface area contributed by atoms with Crippen molar-refractivity contribution in [3.05, 3.63) is 0 Å². The molecule has 16 heavy (non-hydrogen) atoms. The van der Waals surface area contributed by atoms with Crippen molar-refractivity contribution in [2.75, 3.05) is 31.6 Å². The molecule has 1 rings (SSSR count). The quantitative estimate of drug-likeness (QED) is 0.693. The van der Waals surface area contributed by atoms with E-state index in [9.17, 15) is 0 Å². The standard InChI is InChI=1S/C9H17N5O2/c1-6(2)11-8-12-7(10-5-15-3)13-9(14-8)16-4/h6H,5H2,1-4H3,(H2,10,11,12,13,14). The molecule has 1 heterocycles. The van der Waals surface area contributed by atoms with E-state index in [1.165, 1.54) is 7.11 Å². The van der Waals surface area contributed by atoms with Crippen LogP contribution in [0.4, 0.5) is 11.9 Å². The molecule has 0 fully saturated rings. The summed E-state index contributed by atoms with van der Waals surface area (Å²) >= 11 is 0. The first-order chi connectivity index (χ1) is 7.65. The Morgan fingerprint density at radius 3 is 2.38 bits per heavy atom. The van der Waals surface area contributed by atoms with Crippen molar-refractivity contribution >= 4 is 11.9 Å². The molecule has 2 N–H and O–H groups in total. The molecule has 0 aromatic carbocycles. The van der Waals surface area contributed by atoms with Gasteiger partial charge in [0.1, 0.15) is 6.73 Å². The second-order valence-corrected chi connectivity index (χ2v) is 3.38. The number of ether oxygens (including phenoxy) is 2. The van der Waals surface area contributed by atoms with Gasteiger partial charge in [0.05, 0.1) is 7.11 Å². The van der Waals surface area contributed by atoms with Crippen molar-refractivity contribution in [3.63, 3.8) is 0 Å². The molecular weight excluding hydrogens is 210 g/mol. The number of hydrogen-bond donors (Lipinski definition) is 2. The number of aromatic nitrogens is 3. The zero-order chi connectivity index (χ0) is 12.0. The van der Waals surface area contributed by atoms with Gasteiger partial charge in [-0.25, -0.2) is 0 Å². The van der Waals surface area contributed by atoms with E-state index < -0.39 is 0 Å². The average Bonchev–Trinajstić information content (AvgIpc) is 2.25. The van der Waals surface area contributed by atoms with Crippen molar-refractivity contribution in [2.45, 2.75) is 19.9 Å². The lowest BCUT2D eigenvalue weighted by Crippen LogP contribution is -2.15. The SMILES string of the molecule is COCNc1nc(NC(C)C)nc(OC)n1. The molecule has 0 saturated heterocycles. The molecule has 0 aliphatic rings. The van der Waals surface area contributed by atoms with Gasteiger partial charge in [-0.2, -0.15) is 15.0 Å². The fourth-order valence-electron chi connectivity index (χ4n) is 0.986. The number of nitrogens with one attached hydrogen (secondary N) is 2. The zero-order valence-corrected chi connectivity index (χ0v) is 9.94. The van der Waals surface area contributed by atoms with Gasteiger partial charge in [0, 0.05) is 13.2 Å². The Kier molecular flexibility index (Phi) is 4.71. The van der Waals surface area contributed by atoms with Crippen LogP contribution in [-0.4, -0.2) is 41.9 Å². The van der Waals surface area contributed by atoms with Gasteiger partial charge >= 0.3 is 6.01 Å². The van der Waals surface area contributed by atoms with Crippen LogP contribution < -0.4 is 15.4 Å². The monoisotopic (exact) mass is 227 g/mol. The summed E-state index contributed by atoms with van der Waals surface area (Å²) in [5, 5.41) is 5.95. The Labute approximate surface area is 94.6 Å². The molecule has 0 saturated carbocycles. The van der Waals surface area contributed by atoms with Crippen molar-refractivity contribution in [1.82, 2.24) is 15.0 Å². The highest BCUT2D eigenvalue weighted by Crippen LogP contribution is 2.11. The topological polar surface area (TPSA) is 81.2 Å². The number of rotatable bonds is 6. The van der Waals surface area contributed by atoms with Gasteiger partial charge in [-0.15, -0.1) is 0 Å². The largest absolute Gasteiger partial charge is 0.467 e. The highest BCUT2D eigenvalue weighted by Gasteiger charge is 2.06. The minimum atomic E-state index is 0.238. The Balaban J connectivity index is 2.82. The van der Waals surface area contributed by atoms with Gasteiger partial charge in [0.25, 0.3) is 0 Å². The smallest absolute Gasteiger partial charge is 0.322 e. The van der Waals surface area contributed by atoms with Gasteiger partial charge in [-0.05, 0) is 13.8 Å². The maximum absolute atomic E-state index is 4.97.